The van der Waals surface area contributed by atoms with E-state index < -0.39 is 0 Å². The summed E-state index contributed by atoms with van der Waals surface area (Å²) in [6.45, 7) is 5.63. The van der Waals surface area contributed by atoms with Gasteiger partial charge in [-0.3, -0.25) is 0 Å². The zero-order chi connectivity index (χ0) is 19.6. The first-order valence-electron chi connectivity index (χ1n) is 10.00. The van der Waals surface area contributed by atoms with Crippen molar-refractivity contribution in [3.8, 4) is 11.5 Å². The summed E-state index contributed by atoms with van der Waals surface area (Å²) in [6.07, 6.45) is 3.82. The molecule has 6 heteroatoms. The lowest BCUT2D eigenvalue weighted by Crippen LogP contribution is -2.32. The number of anilines is 2. The van der Waals surface area contributed by atoms with Gasteiger partial charge in [-0.05, 0) is 74.7 Å². The van der Waals surface area contributed by atoms with E-state index in [9.17, 15) is 4.79 Å². The lowest BCUT2D eigenvalue weighted by atomic mass is 10.1. The molecule has 1 aliphatic rings. The van der Waals surface area contributed by atoms with Gasteiger partial charge in [-0.15, -0.1) is 0 Å². The number of ether oxygens (including phenoxy) is 2. The number of carbonyl (C=O) groups excluding carboxylic acids is 1. The van der Waals surface area contributed by atoms with E-state index >= 15 is 0 Å². The number of hydrogen-bond acceptors (Lipinski definition) is 4. The van der Waals surface area contributed by atoms with Crippen molar-refractivity contribution in [2.45, 2.75) is 26.2 Å². The highest BCUT2D eigenvalue weighted by Gasteiger charge is 2.10. The SMILES string of the molecule is CCOc1ccc(OCCNC(=O)Nc2ccc(N3CCCCC3)cc2)cc1. The van der Waals surface area contributed by atoms with Crippen molar-refractivity contribution in [2.75, 3.05) is 43.1 Å². The minimum absolute atomic E-state index is 0.235. The van der Waals surface area contributed by atoms with Gasteiger partial charge in [0.25, 0.3) is 0 Å². The largest absolute Gasteiger partial charge is 0.494 e. The van der Waals surface area contributed by atoms with Crippen LogP contribution in [-0.2, 0) is 0 Å². The Morgan fingerprint density at radius 3 is 2.21 bits per heavy atom. The number of piperidine rings is 1. The smallest absolute Gasteiger partial charge is 0.319 e. The van der Waals surface area contributed by atoms with Crippen molar-refractivity contribution in [3.63, 3.8) is 0 Å². The number of hydrogen-bond donors (Lipinski definition) is 2. The van der Waals surface area contributed by atoms with Gasteiger partial charge >= 0.3 is 6.03 Å². The molecule has 1 aliphatic heterocycles. The Kier molecular flexibility index (Phi) is 7.41. The fourth-order valence-corrected chi connectivity index (χ4v) is 3.22. The quantitative estimate of drug-likeness (QED) is 0.668. The first kappa shape index (κ1) is 19.9. The van der Waals surface area contributed by atoms with Crippen LogP contribution in [0.15, 0.2) is 48.5 Å². The topological polar surface area (TPSA) is 62.8 Å². The zero-order valence-corrected chi connectivity index (χ0v) is 16.4. The zero-order valence-electron chi connectivity index (χ0n) is 16.4. The normalized spacial score (nSPS) is 13.7. The number of nitrogens with zero attached hydrogens (tertiary/aromatic N) is 1. The number of nitrogens with one attached hydrogen (secondary N) is 2. The van der Waals surface area contributed by atoms with E-state index in [1.165, 1.54) is 24.9 Å². The summed E-state index contributed by atoms with van der Waals surface area (Å²) in [5, 5.41) is 5.65. The van der Waals surface area contributed by atoms with Crippen LogP contribution in [0.3, 0.4) is 0 Å². The monoisotopic (exact) mass is 383 g/mol. The van der Waals surface area contributed by atoms with Crippen LogP contribution in [0.1, 0.15) is 26.2 Å². The second kappa shape index (κ2) is 10.4. The minimum atomic E-state index is -0.235. The lowest BCUT2D eigenvalue weighted by Gasteiger charge is -2.28. The predicted molar refractivity (Wildman–Crippen MR) is 113 cm³/mol. The van der Waals surface area contributed by atoms with Crippen LogP contribution >= 0.6 is 0 Å². The van der Waals surface area contributed by atoms with Gasteiger partial charge in [-0.1, -0.05) is 0 Å². The molecule has 1 fully saturated rings. The fraction of sp³-hybridized carbons (Fsp3) is 0.409. The Morgan fingerprint density at radius 1 is 0.929 bits per heavy atom. The highest BCUT2D eigenvalue weighted by Crippen LogP contribution is 2.21. The molecule has 1 heterocycles. The van der Waals surface area contributed by atoms with E-state index in [-0.39, 0.29) is 6.03 Å². The second-order valence-corrected chi connectivity index (χ2v) is 6.73. The van der Waals surface area contributed by atoms with Gasteiger partial charge in [0.1, 0.15) is 18.1 Å². The van der Waals surface area contributed by atoms with Gasteiger partial charge in [0.2, 0.25) is 0 Å². The van der Waals surface area contributed by atoms with Crippen LogP contribution in [0.25, 0.3) is 0 Å². The highest BCUT2D eigenvalue weighted by molar-refractivity contribution is 5.89. The summed E-state index contributed by atoms with van der Waals surface area (Å²) < 4.78 is 11.0. The molecule has 0 aromatic heterocycles. The molecule has 0 aliphatic carbocycles. The second-order valence-electron chi connectivity index (χ2n) is 6.73. The molecule has 2 aromatic rings. The van der Waals surface area contributed by atoms with Crippen LogP contribution < -0.4 is 25.0 Å². The summed E-state index contributed by atoms with van der Waals surface area (Å²) in [7, 11) is 0. The van der Waals surface area contributed by atoms with Gasteiger partial charge in [-0.25, -0.2) is 4.79 Å². The van der Waals surface area contributed by atoms with E-state index in [0.29, 0.717) is 19.8 Å². The maximum Gasteiger partial charge on any atom is 0.319 e. The van der Waals surface area contributed by atoms with Gasteiger partial charge in [0.05, 0.1) is 13.2 Å². The molecular formula is C22H29N3O3. The molecule has 0 spiro atoms. The molecule has 0 radical (unpaired) electrons. The van der Waals surface area contributed by atoms with Gasteiger partial charge in [0, 0.05) is 24.5 Å². The molecule has 6 nitrogen and oxygen atoms in total. The maximum atomic E-state index is 12.0. The highest BCUT2D eigenvalue weighted by atomic mass is 16.5. The van der Waals surface area contributed by atoms with E-state index in [2.05, 4.69) is 27.7 Å². The summed E-state index contributed by atoms with van der Waals surface area (Å²) in [4.78, 5) is 14.4. The van der Waals surface area contributed by atoms with Crippen molar-refractivity contribution >= 4 is 17.4 Å². The molecule has 1 saturated heterocycles. The molecule has 3 rings (SSSR count). The van der Waals surface area contributed by atoms with Gasteiger partial charge < -0.3 is 25.0 Å². The van der Waals surface area contributed by atoms with Crippen LogP contribution in [0.2, 0.25) is 0 Å². The molecule has 2 N–H and O–H groups in total. The third-order valence-electron chi connectivity index (χ3n) is 4.64. The number of benzene rings is 2. The van der Waals surface area contributed by atoms with Crippen LogP contribution in [0, 0.1) is 0 Å². The van der Waals surface area contributed by atoms with Crippen molar-refractivity contribution < 1.29 is 14.3 Å². The Bertz CT molecular complexity index is 726. The molecule has 0 unspecified atom stereocenters. The maximum absolute atomic E-state index is 12.0. The van der Waals surface area contributed by atoms with Crippen molar-refractivity contribution in [2.24, 2.45) is 0 Å². The number of amides is 2. The van der Waals surface area contributed by atoms with Gasteiger partial charge in [0.15, 0.2) is 0 Å². The first-order chi connectivity index (χ1) is 13.7. The first-order valence-corrected chi connectivity index (χ1v) is 10.00. The molecule has 0 atom stereocenters. The molecule has 28 heavy (non-hydrogen) atoms. The predicted octanol–water partition coefficient (Wildman–Crippen LogP) is 4.28. The van der Waals surface area contributed by atoms with E-state index in [4.69, 9.17) is 9.47 Å². The van der Waals surface area contributed by atoms with Crippen LogP contribution in [-0.4, -0.2) is 38.9 Å². The van der Waals surface area contributed by atoms with Crippen molar-refractivity contribution in [1.82, 2.24) is 5.32 Å². The summed E-state index contributed by atoms with van der Waals surface area (Å²) in [5.41, 5.74) is 2.00. The number of rotatable bonds is 8. The number of carbonyl (C=O) groups is 1. The minimum Gasteiger partial charge on any atom is -0.494 e. The average molecular weight is 383 g/mol. The molecule has 0 bridgehead atoms. The Labute approximate surface area is 166 Å². The molecule has 2 aromatic carbocycles. The summed E-state index contributed by atoms with van der Waals surface area (Å²) in [5.74, 6) is 1.57. The van der Waals surface area contributed by atoms with E-state index in [0.717, 1.165) is 30.3 Å². The van der Waals surface area contributed by atoms with Crippen molar-refractivity contribution in [1.29, 1.82) is 0 Å². The Morgan fingerprint density at radius 2 is 1.57 bits per heavy atom. The van der Waals surface area contributed by atoms with Gasteiger partial charge in [-0.2, -0.15) is 0 Å². The summed E-state index contributed by atoms with van der Waals surface area (Å²) >= 11 is 0. The van der Waals surface area contributed by atoms with Crippen LogP contribution in [0.5, 0.6) is 11.5 Å². The number of urea groups is 1. The molecular weight excluding hydrogens is 354 g/mol. The molecule has 150 valence electrons. The van der Waals surface area contributed by atoms with Crippen LogP contribution in [0.4, 0.5) is 16.2 Å². The van der Waals surface area contributed by atoms with E-state index in [1.54, 1.807) is 0 Å². The average Bonchev–Trinajstić information content (AvgIpc) is 2.74. The Balaban J connectivity index is 1.36. The molecule has 0 saturated carbocycles. The third kappa shape index (κ3) is 6.08. The van der Waals surface area contributed by atoms with E-state index in [1.807, 2.05) is 43.3 Å². The summed E-state index contributed by atoms with van der Waals surface area (Å²) in [6, 6.07) is 15.2. The standard InChI is InChI=1S/C22H29N3O3/c1-2-27-20-10-12-21(13-11-20)28-17-14-23-22(26)24-18-6-8-19(9-7-18)25-15-4-3-5-16-25/h6-13H,2-5,14-17H2,1H3,(H2,23,24,26). The fourth-order valence-electron chi connectivity index (χ4n) is 3.22. The lowest BCUT2D eigenvalue weighted by molar-refractivity contribution is 0.247. The third-order valence-corrected chi connectivity index (χ3v) is 4.64. The van der Waals surface area contributed by atoms with Crippen molar-refractivity contribution in [3.05, 3.63) is 48.5 Å². The molecule has 2 amide bonds. The Hall–Kier alpha value is -2.89.